The highest BCUT2D eigenvalue weighted by Gasteiger charge is 2.05. The average molecular weight is 204 g/mol. The molecule has 2 radical (unpaired) electrons. The Labute approximate surface area is 87.5 Å². The molecule has 14 heavy (non-hydrogen) atoms. The van der Waals surface area contributed by atoms with Gasteiger partial charge < -0.3 is 4.74 Å². The third-order valence-corrected chi connectivity index (χ3v) is 2.04. The van der Waals surface area contributed by atoms with Gasteiger partial charge in [-0.05, 0) is 17.7 Å². The van der Waals surface area contributed by atoms with Crippen LogP contribution in [0, 0.1) is 0 Å². The number of hydrogen-bond donors (Lipinski definition) is 0. The molecule has 2 aromatic rings. The van der Waals surface area contributed by atoms with E-state index in [1.54, 1.807) is 25.4 Å². The van der Waals surface area contributed by atoms with Gasteiger partial charge in [-0.1, -0.05) is 11.5 Å². The molecule has 0 saturated heterocycles. The molecule has 5 heteroatoms. The van der Waals surface area contributed by atoms with E-state index in [-0.39, 0.29) is 5.28 Å². The first-order chi connectivity index (χ1) is 6.70. The summed E-state index contributed by atoms with van der Waals surface area (Å²) in [6.45, 7) is 0. The van der Waals surface area contributed by atoms with Gasteiger partial charge in [-0.2, -0.15) is 0 Å². The Morgan fingerprint density at radius 1 is 1.43 bits per heavy atom. The molecule has 0 spiro atoms. The van der Waals surface area contributed by atoms with Crippen LogP contribution in [0.25, 0.3) is 10.9 Å². The highest BCUT2D eigenvalue weighted by molar-refractivity contribution is 6.33. The van der Waals surface area contributed by atoms with Crippen molar-refractivity contribution in [3.8, 4) is 5.75 Å². The second-order valence-corrected chi connectivity index (χ2v) is 3.14. The molecule has 1 heterocycles. The van der Waals surface area contributed by atoms with Gasteiger partial charge in [-0.15, -0.1) is 0 Å². The molecule has 1 aromatic carbocycles. The molecular weight excluding hydrogens is 198 g/mol. The van der Waals surface area contributed by atoms with Crippen molar-refractivity contribution in [1.29, 1.82) is 0 Å². The van der Waals surface area contributed by atoms with Crippen LogP contribution in [-0.4, -0.2) is 24.9 Å². The lowest BCUT2D eigenvalue weighted by Gasteiger charge is -2.05. The summed E-state index contributed by atoms with van der Waals surface area (Å²) in [5.74, 6) is 0.601. The minimum atomic E-state index is 0.195. The molecule has 0 N–H and O–H groups in total. The highest BCUT2D eigenvalue weighted by atomic mass is 35.5. The lowest BCUT2D eigenvalue weighted by atomic mass is 9.94. The molecule has 0 aliphatic heterocycles. The maximum atomic E-state index is 5.68. The van der Waals surface area contributed by atoms with Gasteiger partial charge in [-0.3, -0.25) is 0 Å². The number of fused-ring (bicyclic) bond motifs is 1. The predicted molar refractivity (Wildman–Crippen MR) is 56.5 cm³/mol. The molecule has 0 aliphatic carbocycles. The molecule has 1 aromatic heterocycles. The van der Waals surface area contributed by atoms with E-state index in [1.807, 2.05) is 0 Å². The van der Waals surface area contributed by atoms with Crippen LogP contribution in [0.4, 0.5) is 0 Å². The van der Waals surface area contributed by atoms with E-state index in [1.165, 1.54) is 0 Å². The molecule has 0 fully saturated rings. The van der Waals surface area contributed by atoms with Crippen molar-refractivity contribution in [2.24, 2.45) is 0 Å². The number of methoxy groups -OCH3 is 1. The van der Waals surface area contributed by atoms with Crippen molar-refractivity contribution >= 4 is 35.8 Å². The van der Waals surface area contributed by atoms with Crippen molar-refractivity contribution in [3.05, 3.63) is 23.6 Å². The minimum Gasteiger partial charge on any atom is -0.494 e. The monoisotopic (exact) mass is 204 g/mol. The van der Waals surface area contributed by atoms with Crippen molar-refractivity contribution in [2.75, 3.05) is 7.11 Å². The second-order valence-electron chi connectivity index (χ2n) is 2.80. The summed E-state index contributed by atoms with van der Waals surface area (Å²) in [7, 11) is 7.23. The number of hydrogen-bond acceptors (Lipinski definition) is 3. The number of nitrogens with zero attached hydrogens (tertiary/aromatic N) is 2. The number of aromatic nitrogens is 2. The topological polar surface area (TPSA) is 35.0 Å². The van der Waals surface area contributed by atoms with E-state index in [9.17, 15) is 0 Å². The number of rotatable bonds is 1. The van der Waals surface area contributed by atoms with E-state index in [4.69, 9.17) is 24.2 Å². The van der Waals surface area contributed by atoms with Gasteiger partial charge in [0.1, 0.15) is 19.1 Å². The number of ether oxygens (including phenoxy) is 1. The maximum absolute atomic E-state index is 5.68. The Balaban J connectivity index is 2.81. The van der Waals surface area contributed by atoms with E-state index in [2.05, 4.69) is 9.97 Å². The van der Waals surface area contributed by atoms with Gasteiger partial charge in [0, 0.05) is 11.6 Å². The molecule has 68 valence electrons. The third kappa shape index (κ3) is 1.53. The van der Waals surface area contributed by atoms with Gasteiger partial charge in [-0.25, -0.2) is 9.97 Å². The van der Waals surface area contributed by atoms with Gasteiger partial charge in [0.25, 0.3) is 0 Å². The summed E-state index contributed by atoms with van der Waals surface area (Å²) in [6, 6.07) is 3.47. The molecule has 0 aliphatic rings. The summed E-state index contributed by atoms with van der Waals surface area (Å²) in [6.07, 6.45) is 1.61. The van der Waals surface area contributed by atoms with Crippen LogP contribution in [0.3, 0.4) is 0 Å². The quantitative estimate of drug-likeness (QED) is 0.515. The maximum Gasteiger partial charge on any atom is 0.223 e. The zero-order chi connectivity index (χ0) is 10.1. The second kappa shape index (κ2) is 3.46. The SMILES string of the molecule is [B]c1cc(OC)c2nc(Cl)ncc2c1. The lowest BCUT2D eigenvalue weighted by molar-refractivity contribution is 0.419. The third-order valence-electron chi connectivity index (χ3n) is 1.86. The van der Waals surface area contributed by atoms with E-state index in [0.717, 1.165) is 5.39 Å². The van der Waals surface area contributed by atoms with Gasteiger partial charge in [0.15, 0.2) is 0 Å². The summed E-state index contributed by atoms with van der Waals surface area (Å²) < 4.78 is 5.13. The van der Waals surface area contributed by atoms with Crippen LogP contribution in [-0.2, 0) is 0 Å². The smallest absolute Gasteiger partial charge is 0.223 e. The minimum absolute atomic E-state index is 0.195. The zero-order valence-electron chi connectivity index (χ0n) is 7.49. The Hall–Kier alpha value is -1.29. The zero-order valence-corrected chi connectivity index (χ0v) is 8.25. The summed E-state index contributed by atoms with van der Waals surface area (Å²) >= 11 is 5.68. The van der Waals surface area contributed by atoms with E-state index in [0.29, 0.717) is 16.7 Å². The Morgan fingerprint density at radius 2 is 2.21 bits per heavy atom. The molecular formula is C9H6BClN2O. The van der Waals surface area contributed by atoms with E-state index >= 15 is 0 Å². The molecule has 0 amide bonds. The highest BCUT2D eigenvalue weighted by Crippen LogP contribution is 2.22. The van der Waals surface area contributed by atoms with Crippen LogP contribution in [0.15, 0.2) is 18.3 Å². The van der Waals surface area contributed by atoms with Crippen molar-refractivity contribution in [1.82, 2.24) is 9.97 Å². The first kappa shape index (κ1) is 9.28. The van der Waals surface area contributed by atoms with Crippen LogP contribution in [0.5, 0.6) is 5.75 Å². The fraction of sp³-hybridized carbons (Fsp3) is 0.111. The number of halogens is 1. The summed E-state index contributed by atoms with van der Waals surface area (Å²) in [4.78, 5) is 7.93. The average Bonchev–Trinajstić information content (AvgIpc) is 2.17. The van der Waals surface area contributed by atoms with Crippen LogP contribution >= 0.6 is 11.6 Å². The summed E-state index contributed by atoms with van der Waals surface area (Å²) in [5.41, 5.74) is 1.28. The van der Waals surface area contributed by atoms with Crippen molar-refractivity contribution in [2.45, 2.75) is 0 Å². The fourth-order valence-corrected chi connectivity index (χ4v) is 1.40. The van der Waals surface area contributed by atoms with Crippen molar-refractivity contribution in [3.63, 3.8) is 0 Å². The molecule has 0 unspecified atom stereocenters. The number of benzene rings is 1. The van der Waals surface area contributed by atoms with Gasteiger partial charge in [0.2, 0.25) is 5.28 Å². The van der Waals surface area contributed by atoms with Crippen LogP contribution < -0.4 is 10.2 Å². The largest absolute Gasteiger partial charge is 0.494 e. The summed E-state index contributed by atoms with van der Waals surface area (Å²) in [5, 5.41) is 1.01. The first-order valence-corrected chi connectivity index (χ1v) is 4.34. The Morgan fingerprint density at radius 3 is 2.93 bits per heavy atom. The molecule has 2 rings (SSSR count). The lowest BCUT2D eigenvalue weighted by Crippen LogP contribution is -2.03. The molecule has 0 atom stereocenters. The van der Waals surface area contributed by atoms with Crippen LogP contribution in [0.2, 0.25) is 5.28 Å². The standard InChI is InChI=1S/C9H6BClN2O/c1-14-7-3-6(10)2-5-4-12-9(11)13-8(5)7/h2-4H,1H3. The molecule has 0 bridgehead atoms. The Kier molecular flexibility index (Phi) is 2.29. The fourth-order valence-electron chi connectivity index (χ4n) is 1.27. The molecule has 0 saturated carbocycles. The van der Waals surface area contributed by atoms with E-state index < -0.39 is 0 Å². The first-order valence-electron chi connectivity index (χ1n) is 3.96. The normalized spacial score (nSPS) is 10.4. The predicted octanol–water partition coefficient (Wildman–Crippen LogP) is 1.09. The van der Waals surface area contributed by atoms with Crippen LogP contribution in [0.1, 0.15) is 0 Å². The van der Waals surface area contributed by atoms with Gasteiger partial charge in [0.05, 0.1) is 7.11 Å². The van der Waals surface area contributed by atoms with Gasteiger partial charge >= 0.3 is 0 Å². The Bertz CT molecular complexity index is 489. The van der Waals surface area contributed by atoms with Crippen molar-refractivity contribution < 1.29 is 4.74 Å². The molecule has 3 nitrogen and oxygen atoms in total.